The maximum atomic E-state index is 14.5. The van der Waals surface area contributed by atoms with Gasteiger partial charge in [-0.05, 0) is 76.9 Å². The second kappa shape index (κ2) is 11.9. The third-order valence-corrected chi connectivity index (χ3v) is 10.0. The van der Waals surface area contributed by atoms with Crippen LogP contribution in [0.2, 0.25) is 10.0 Å². The molecule has 4 aliphatic rings. The van der Waals surface area contributed by atoms with E-state index >= 15 is 0 Å². The Morgan fingerprint density at radius 1 is 0.735 bits per heavy atom. The molecule has 2 bridgehead atoms. The minimum atomic E-state index is -0.818. The Hall–Kier alpha value is -5.51. The highest BCUT2D eigenvalue weighted by molar-refractivity contribution is 6.36. The zero-order valence-corrected chi connectivity index (χ0v) is 26.9. The second-order valence-electron chi connectivity index (χ2n) is 12.1. The molecular weight excluding hydrogens is 667 g/mol. The fraction of sp³-hybridized carbons (Fsp3) is 0.132. The molecule has 0 N–H and O–H groups in total. The van der Waals surface area contributed by atoms with Gasteiger partial charge in [0, 0.05) is 22.4 Å². The SMILES string of the molecule is O=C(CN(C(=O)c1ccc(Cl)cc1Cl)N1C(=O)[C@@H]2C3c4ccccc4C(c4ccccc43)[C@@H]2C1=O)c1ccc(OC(=O)c2ccco2)cc1. The molecule has 0 spiro atoms. The molecular formula is C38H24Cl2N2O7. The van der Waals surface area contributed by atoms with Gasteiger partial charge >= 0.3 is 5.97 Å². The molecule has 1 aromatic heterocycles. The van der Waals surface area contributed by atoms with E-state index in [4.69, 9.17) is 32.4 Å². The summed E-state index contributed by atoms with van der Waals surface area (Å²) >= 11 is 12.5. The number of amides is 3. The molecule has 1 saturated heterocycles. The molecule has 0 saturated carbocycles. The lowest BCUT2D eigenvalue weighted by Gasteiger charge is -2.45. The van der Waals surface area contributed by atoms with Crippen LogP contribution in [0.3, 0.4) is 0 Å². The summed E-state index contributed by atoms with van der Waals surface area (Å²) in [4.78, 5) is 69.4. The van der Waals surface area contributed by atoms with E-state index < -0.39 is 59.7 Å². The third kappa shape index (κ3) is 4.96. The highest BCUT2D eigenvalue weighted by Crippen LogP contribution is 2.61. The van der Waals surface area contributed by atoms with Crippen molar-refractivity contribution >= 4 is 52.7 Å². The second-order valence-corrected chi connectivity index (χ2v) is 12.9. The summed E-state index contributed by atoms with van der Waals surface area (Å²) in [5.74, 6) is -5.47. The number of carbonyl (C=O) groups is 5. The van der Waals surface area contributed by atoms with Crippen LogP contribution in [-0.4, -0.2) is 46.0 Å². The first-order valence-corrected chi connectivity index (χ1v) is 16.2. The number of carbonyl (C=O) groups excluding carboxylic acids is 5. The van der Waals surface area contributed by atoms with Crippen LogP contribution in [-0.2, 0) is 9.59 Å². The molecule has 0 unspecified atom stereocenters. The summed E-state index contributed by atoms with van der Waals surface area (Å²) in [6.07, 6.45) is 1.34. The molecule has 9 nitrogen and oxygen atoms in total. The van der Waals surface area contributed by atoms with Gasteiger partial charge in [0.25, 0.3) is 17.7 Å². The Morgan fingerprint density at radius 3 is 1.82 bits per heavy atom. The van der Waals surface area contributed by atoms with Crippen LogP contribution < -0.4 is 4.74 Å². The van der Waals surface area contributed by atoms with Crippen molar-refractivity contribution in [2.75, 3.05) is 6.54 Å². The highest BCUT2D eigenvalue weighted by Gasteiger charge is 2.63. The van der Waals surface area contributed by atoms with Crippen LogP contribution in [0.25, 0.3) is 0 Å². The van der Waals surface area contributed by atoms with Crippen molar-refractivity contribution in [1.82, 2.24) is 10.0 Å². The first-order valence-electron chi connectivity index (χ1n) is 15.4. The molecule has 49 heavy (non-hydrogen) atoms. The summed E-state index contributed by atoms with van der Waals surface area (Å²) in [6, 6.07) is 28.5. The number of ether oxygens (including phenoxy) is 1. The van der Waals surface area contributed by atoms with Gasteiger partial charge in [-0.2, -0.15) is 5.01 Å². The largest absolute Gasteiger partial charge is 0.457 e. The fourth-order valence-electron chi connectivity index (χ4n) is 7.42. The van der Waals surface area contributed by atoms with Crippen molar-refractivity contribution in [3.05, 3.63) is 159 Å². The maximum absolute atomic E-state index is 14.5. The van der Waals surface area contributed by atoms with Gasteiger partial charge in [0.2, 0.25) is 5.76 Å². The van der Waals surface area contributed by atoms with Gasteiger partial charge in [0.1, 0.15) is 12.3 Å². The summed E-state index contributed by atoms with van der Waals surface area (Å²) in [5.41, 5.74) is 3.99. The van der Waals surface area contributed by atoms with Gasteiger partial charge in [-0.25, -0.2) is 9.80 Å². The third-order valence-electron chi connectivity index (χ3n) is 9.47. The fourth-order valence-corrected chi connectivity index (χ4v) is 7.91. The first kappa shape index (κ1) is 30.8. The van der Waals surface area contributed by atoms with Gasteiger partial charge in [0.15, 0.2) is 5.78 Å². The lowest BCUT2D eigenvalue weighted by Crippen LogP contribution is -2.52. The number of nitrogens with zero attached hydrogens (tertiary/aromatic N) is 2. The summed E-state index contributed by atoms with van der Waals surface area (Å²) in [5, 5.41) is 2.01. The molecule has 2 heterocycles. The molecule has 1 aliphatic heterocycles. The number of esters is 1. The van der Waals surface area contributed by atoms with E-state index in [9.17, 15) is 24.0 Å². The van der Waals surface area contributed by atoms with E-state index in [2.05, 4.69) is 0 Å². The quantitative estimate of drug-likeness (QED) is 0.0787. The van der Waals surface area contributed by atoms with Crippen molar-refractivity contribution < 1.29 is 33.1 Å². The molecule has 3 amide bonds. The summed E-state index contributed by atoms with van der Waals surface area (Å²) in [7, 11) is 0. The Labute approximate surface area is 289 Å². The number of ketones is 1. The number of benzene rings is 4. The Morgan fingerprint density at radius 2 is 1.31 bits per heavy atom. The minimum absolute atomic E-state index is 0.00549. The highest BCUT2D eigenvalue weighted by atomic mass is 35.5. The number of rotatable bonds is 7. The average molecular weight is 692 g/mol. The van der Waals surface area contributed by atoms with Crippen LogP contribution in [0.15, 0.2) is 114 Å². The van der Waals surface area contributed by atoms with Crippen LogP contribution in [0.4, 0.5) is 0 Å². The molecule has 9 rings (SSSR count). The van der Waals surface area contributed by atoms with Crippen LogP contribution in [0.5, 0.6) is 5.75 Å². The average Bonchev–Trinajstić information content (AvgIpc) is 3.74. The van der Waals surface area contributed by atoms with Gasteiger partial charge in [-0.3, -0.25) is 19.2 Å². The van der Waals surface area contributed by atoms with Gasteiger partial charge in [-0.15, -0.1) is 0 Å². The monoisotopic (exact) mass is 690 g/mol. The van der Waals surface area contributed by atoms with Crippen LogP contribution in [0.1, 0.15) is 65.4 Å². The number of hydrogen-bond acceptors (Lipinski definition) is 7. The molecule has 5 aromatic rings. The van der Waals surface area contributed by atoms with Gasteiger partial charge in [0.05, 0.1) is 28.7 Å². The molecule has 11 heteroatoms. The van der Waals surface area contributed by atoms with E-state index in [1.807, 2.05) is 48.5 Å². The lowest BCUT2D eigenvalue weighted by molar-refractivity contribution is -0.154. The Balaban J connectivity index is 1.15. The van der Waals surface area contributed by atoms with Crippen molar-refractivity contribution in [3.63, 3.8) is 0 Å². The Bertz CT molecular complexity index is 2080. The number of halogens is 2. The van der Waals surface area contributed by atoms with E-state index in [-0.39, 0.29) is 32.7 Å². The molecule has 1 fully saturated rings. The zero-order chi connectivity index (χ0) is 34.0. The molecule has 0 radical (unpaired) electrons. The Kier molecular flexibility index (Phi) is 7.46. The number of furan rings is 1. The molecule has 4 aromatic carbocycles. The van der Waals surface area contributed by atoms with Crippen LogP contribution >= 0.6 is 23.2 Å². The normalized spacial score (nSPS) is 20.0. The van der Waals surface area contributed by atoms with E-state index in [1.165, 1.54) is 54.8 Å². The predicted molar refractivity (Wildman–Crippen MR) is 177 cm³/mol. The van der Waals surface area contributed by atoms with Crippen LogP contribution in [0, 0.1) is 11.8 Å². The summed E-state index contributed by atoms with van der Waals surface area (Å²) in [6.45, 7) is -0.657. The standard InChI is InChI=1S/C38H24Cl2N2O7/c39-21-13-16-27(28(40)18-21)35(44)41(19-29(43)20-11-14-22(15-12-20)49-38(47)30-10-5-17-48-30)42-36(45)33-31-23-6-1-2-7-24(23)32(34(33)37(42)46)26-9-4-3-8-25(26)31/h1-18,31-34H,19H2/t31?,32?,33-,34+. The minimum Gasteiger partial charge on any atom is -0.457 e. The van der Waals surface area contributed by atoms with Crippen molar-refractivity contribution in [3.8, 4) is 5.75 Å². The number of Topliss-reactive ketones (excluding diaryl/α,β-unsaturated/α-hetero) is 1. The molecule has 242 valence electrons. The van der Waals surface area contributed by atoms with E-state index in [0.717, 1.165) is 32.3 Å². The van der Waals surface area contributed by atoms with Gasteiger partial charge < -0.3 is 9.15 Å². The maximum Gasteiger partial charge on any atom is 0.379 e. The predicted octanol–water partition coefficient (Wildman–Crippen LogP) is 6.94. The molecule has 3 aliphatic carbocycles. The van der Waals surface area contributed by atoms with E-state index in [1.54, 1.807) is 6.07 Å². The topological polar surface area (TPSA) is 114 Å². The number of imide groups is 1. The van der Waals surface area contributed by atoms with Gasteiger partial charge in [-0.1, -0.05) is 71.7 Å². The van der Waals surface area contributed by atoms with Crippen molar-refractivity contribution in [2.24, 2.45) is 11.8 Å². The molecule has 2 atom stereocenters. The zero-order valence-electron chi connectivity index (χ0n) is 25.4. The van der Waals surface area contributed by atoms with Crippen molar-refractivity contribution in [1.29, 1.82) is 0 Å². The van der Waals surface area contributed by atoms with E-state index in [0.29, 0.717) is 0 Å². The number of hydrogen-bond donors (Lipinski definition) is 0. The lowest BCUT2D eigenvalue weighted by atomic mass is 9.55. The number of hydrazine groups is 1. The smallest absolute Gasteiger partial charge is 0.379 e. The summed E-state index contributed by atoms with van der Waals surface area (Å²) < 4.78 is 10.4. The van der Waals surface area contributed by atoms with Crippen molar-refractivity contribution in [2.45, 2.75) is 11.8 Å². The first-order chi connectivity index (χ1) is 23.7.